The minimum atomic E-state index is -0.230. The molecule has 162 valence electrons. The van der Waals surface area contributed by atoms with Crippen molar-refractivity contribution in [3.05, 3.63) is 59.9 Å². The molecule has 6 rings (SSSR count). The van der Waals surface area contributed by atoms with Crippen molar-refractivity contribution in [3.8, 4) is 5.69 Å². The average molecular weight is 447 g/mol. The van der Waals surface area contributed by atoms with E-state index in [9.17, 15) is 4.79 Å². The summed E-state index contributed by atoms with van der Waals surface area (Å²) in [5.41, 5.74) is 3.87. The van der Waals surface area contributed by atoms with Gasteiger partial charge in [-0.3, -0.25) is 4.79 Å². The molecule has 32 heavy (non-hydrogen) atoms. The number of para-hydroxylation sites is 1. The van der Waals surface area contributed by atoms with Crippen LogP contribution in [0.4, 0.5) is 10.8 Å². The van der Waals surface area contributed by atoms with E-state index in [1.807, 2.05) is 48.5 Å². The van der Waals surface area contributed by atoms with Gasteiger partial charge in [0.2, 0.25) is 0 Å². The first-order valence-electron chi connectivity index (χ1n) is 10.8. The molecule has 0 atom stereocenters. The second kappa shape index (κ2) is 7.99. The number of nitrogens with one attached hydrogen (secondary N) is 1. The van der Waals surface area contributed by atoms with Crippen molar-refractivity contribution in [1.29, 1.82) is 0 Å². The summed E-state index contributed by atoms with van der Waals surface area (Å²) in [5.74, 6) is 0.0948. The number of hydrogen-bond donors (Lipinski definition) is 1. The van der Waals surface area contributed by atoms with Crippen LogP contribution >= 0.6 is 11.3 Å². The highest BCUT2D eigenvalue weighted by Gasteiger charge is 2.34. The van der Waals surface area contributed by atoms with Gasteiger partial charge in [-0.1, -0.05) is 34.7 Å². The molecule has 2 aliphatic rings. The number of rotatable bonds is 5. The fourth-order valence-electron chi connectivity index (χ4n) is 4.00. The van der Waals surface area contributed by atoms with E-state index in [4.69, 9.17) is 9.72 Å². The third kappa shape index (κ3) is 3.63. The van der Waals surface area contributed by atoms with Crippen LogP contribution < -0.4 is 10.2 Å². The number of nitrogens with zero attached hydrogens (tertiary/aromatic N) is 5. The number of amides is 1. The Morgan fingerprint density at radius 2 is 1.91 bits per heavy atom. The average Bonchev–Trinajstić information content (AvgIpc) is 3.43. The number of anilines is 2. The Kier molecular flexibility index (Phi) is 4.84. The molecule has 8 nitrogen and oxygen atoms in total. The van der Waals surface area contributed by atoms with E-state index < -0.39 is 0 Å². The number of fused-ring (bicyclic) bond motifs is 1. The summed E-state index contributed by atoms with van der Waals surface area (Å²) in [5, 5.41) is 12.6. The molecule has 2 fully saturated rings. The predicted octanol–water partition coefficient (Wildman–Crippen LogP) is 3.84. The van der Waals surface area contributed by atoms with Crippen LogP contribution in [0.25, 0.3) is 15.9 Å². The molecule has 3 heterocycles. The van der Waals surface area contributed by atoms with Gasteiger partial charge in [0.25, 0.3) is 5.91 Å². The van der Waals surface area contributed by atoms with Crippen molar-refractivity contribution in [2.24, 2.45) is 0 Å². The van der Waals surface area contributed by atoms with Gasteiger partial charge in [0.05, 0.1) is 34.8 Å². The van der Waals surface area contributed by atoms with Crippen molar-refractivity contribution in [1.82, 2.24) is 20.0 Å². The van der Waals surface area contributed by atoms with Gasteiger partial charge in [0.15, 0.2) is 10.8 Å². The fraction of sp³-hybridized carbons (Fsp3) is 0.304. The lowest BCUT2D eigenvalue weighted by molar-refractivity contribution is 0.102. The summed E-state index contributed by atoms with van der Waals surface area (Å²) in [6.07, 6.45) is 2.11. The number of aromatic nitrogens is 4. The SMILES string of the molecule is O=C(Nc1ccc2nc(N3CCOCC3)sc2c1)c1nnn(-c2ccccc2)c1C1CC1. The van der Waals surface area contributed by atoms with Gasteiger partial charge in [-0.15, -0.1) is 5.10 Å². The maximum Gasteiger partial charge on any atom is 0.278 e. The first kappa shape index (κ1) is 19.4. The molecule has 2 aromatic carbocycles. The highest BCUT2D eigenvalue weighted by atomic mass is 32.1. The molecule has 4 aromatic rings. The molecule has 1 saturated carbocycles. The number of benzene rings is 2. The first-order valence-corrected chi connectivity index (χ1v) is 11.6. The molecule has 0 bridgehead atoms. The van der Waals surface area contributed by atoms with Crippen LogP contribution in [0.2, 0.25) is 0 Å². The van der Waals surface area contributed by atoms with Crippen molar-refractivity contribution >= 4 is 38.3 Å². The van der Waals surface area contributed by atoms with Crippen molar-refractivity contribution in [2.45, 2.75) is 18.8 Å². The van der Waals surface area contributed by atoms with E-state index in [2.05, 4.69) is 20.5 Å². The summed E-state index contributed by atoms with van der Waals surface area (Å²) in [6.45, 7) is 3.16. The molecule has 1 aliphatic heterocycles. The molecule has 0 unspecified atom stereocenters. The van der Waals surface area contributed by atoms with Gasteiger partial charge in [0.1, 0.15) is 0 Å². The van der Waals surface area contributed by atoms with Gasteiger partial charge in [-0.05, 0) is 43.2 Å². The van der Waals surface area contributed by atoms with Gasteiger partial charge in [-0.2, -0.15) is 0 Å². The van der Waals surface area contributed by atoms with Crippen LogP contribution in [0.3, 0.4) is 0 Å². The lowest BCUT2D eigenvalue weighted by Crippen LogP contribution is -2.36. The third-order valence-electron chi connectivity index (χ3n) is 5.80. The van der Waals surface area contributed by atoms with Crippen LogP contribution in [0.15, 0.2) is 48.5 Å². The quantitative estimate of drug-likeness (QED) is 0.501. The van der Waals surface area contributed by atoms with Crippen molar-refractivity contribution in [3.63, 3.8) is 0 Å². The Hall–Kier alpha value is -3.30. The topological polar surface area (TPSA) is 85.2 Å². The second-order valence-corrected chi connectivity index (χ2v) is 9.09. The predicted molar refractivity (Wildman–Crippen MR) is 124 cm³/mol. The lowest BCUT2D eigenvalue weighted by Gasteiger charge is -2.25. The molecule has 1 saturated heterocycles. The Morgan fingerprint density at radius 3 is 2.69 bits per heavy atom. The van der Waals surface area contributed by atoms with E-state index in [1.54, 1.807) is 16.0 Å². The van der Waals surface area contributed by atoms with E-state index >= 15 is 0 Å². The van der Waals surface area contributed by atoms with Gasteiger partial charge >= 0.3 is 0 Å². The van der Waals surface area contributed by atoms with E-state index in [1.165, 1.54) is 0 Å². The van der Waals surface area contributed by atoms with E-state index in [0.717, 1.165) is 71.6 Å². The minimum Gasteiger partial charge on any atom is -0.378 e. The zero-order chi connectivity index (χ0) is 21.5. The Labute approximate surface area is 188 Å². The molecule has 0 spiro atoms. The summed E-state index contributed by atoms with van der Waals surface area (Å²) < 4.78 is 8.28. The maximum atomic E-state index is 13.1. The second-order valence-electron chi connectivity index (χ2n) is 8.08. The summed E-state index contributed by atoms with van der Waals surface area (Å²) in [7, 11) is 0. The number of carbonyl (C=O) groups is 1. The molecule has 0 radical (unpaired) electrons. The maximum absolute atomic E-state index is 13.1. The lowest BCUT2D eigenvalue weighted by atomic mass is 10.2. The first-order chi connectivity index (χ1) is 15.8. The molecule has 1 N–H and O–H groups in total. The number of morpholine rings is 1. The highest BCUT2D eigenvalue weighted by Crippen LogP contribution is 2.42. The van der Waals surface area contributed by atoms with Crippen LogP contribution in [0, 0.1) is 0 Å². The number of carbonyl (C=O) groups excluding carboxylic acids is 1. The molecule has 1 amide bonds. The van der Waals surface area contributed by atoms with Crippen molar-refractivity contribution < 1.29 is 9.53 Å². The van der Waals surface area contributed by atoms with Crippen LogP contribution in [-0.2, 0) is 4.74 Å². The van der Waals surface area contributed by atoms with E-state index in [-0.39, 0.29) is 5.91 Å². The molecular formula is C23H22N6O2S. The van der Waals surface area contributed by atoms with Crippen LogP contribution in [-0.4, -0.2) is 52.2 Å². The smallest absolute Gasteiger partial charge is 0.278 e. The zero-order valence-corrected chi connectivity index (χ0v) is 18.2. The number of thiazole rings is 1. The van der Waals surface area contributed by atoms with Crippen LogP contribution in [0.1, 0.15) is 34.9 Å². The van der Waals surface area contributed by atoms with Gasteiger partial charge in [-0.25, -0.2) is 9.67 Å². The Morgan fingerprint density at radius 1 is 1.09 bits per heavy atom. The van der Waals surface area contributed by atoms with Gasteiger partial charge < -0.3 is 15.0 Å². The zero-order valence-electron chi connectivity index (χ0n) is 17.4. The normalized spacial score (nSPS) is 16.4. The third-order valence-corrected chi connectivity index (χ3v) is 6.88. The largest absolute Gasteiger partial charge is 0.378 e. The van der Waals surface area contributed by atoms with Crippen LogP contribution in [0.5, 0.6) is 0 Å². The molecule has 9 heteroatoms. The monoisotopic (exact) mass is 446 g/mol. The minimum absolute atomic E-state index is 0.230. The fourth-order valence-corrected chi connectivity index (χ4v) is 5.06. The highest BCUT2D eigenvalue weighted by molar-refractivity contribution is 7.22. The molecule has 2 aromatic heterocycles. The Bertz CT molecular complexity index is 1270. The standard InChI is InChI=1S/C23H22N6O2S/c30-22(20-21(15-6-7-15)29(27-26-20)17-4-2-1-3-5-17)24-16-8-9-18-19(14-16)32-23(25-18)28-10-12-31-13-11-28/h1-5,8-9,14-15H,6-7,10-13H2,(H,24,30). The summed E-state index contributed by atoms with van der Waals surface area (Å²) in [4.78, 5) is 20.1. The number of ether oxygens (including phenoxy) is 1. The Balaban J connectivity index is 1.26. The number of hydrogen-bond acceptors (Lipinski definition) is 7. The molecular weight excluding hydrogens is 424 g/mol. The van der Waals surface area contributed by atoms with E-state index in [0.29, 0.717) is 11.6 Å². The summed E-state index contributed by atoms with van der Waals surface area (Å²) >= 11 is 1.64. The summed E-state index contributed by atoms with van der Waals surface area (Å²) in [6, 6.07) is 15.7. The molecule has 1 aliphatic carbocycles. The van der Waals surface area contributed by atoms with Crippen molar-refractivity contribution in [2.75, 3.05) is 36.5 Å². The van der Waals surface area contributed by atoms with Gasteiger partial charge in [0, 0.05) is 24.7 Å².